The van der Waals surface area contributed by atoms with Crippen molar-refractivity contribution in [2.24, 2.45) is 5.41 Å². The third-order valence-corrected chi connectivity index (χ3v) is 2.99. The smallest absolute Gasteiger partial charge is 0.159 e. The first-order valence-electron chi connectivity index (χ1n) is 6.52. The van der Waals surface area contributed by atoms with Crippen molar-refractivity contribution >= 4 is 5.78 Å². The standard InChI is InChI=1S/C14H24N2O2/c1-6-9-16-11(12(18-5)10-15-16)7-8-13(17)14(2,3)4/h10H,6-9H2,1-5H3. The van der Waals surface area contributed by atoms with E-state index in [1.165, 1.54) is 0 Å². The van der Waals surface area contributed by atoms with Gasteiger partial charge in [0.15, 0.2) is 5.75 Å². The Morgan fingerprint density at radius 1 is 1.44 bits per heavy atom. The van der Waals surface area contributed by atoms with Crippen LogP contribution in [0.2, 0.25) is 0 Å². The van der Waals surface area contributed by atoms with E-state index in [4.69, 9.17) is 4.74 Å². The predicted molar refractivity (Wildman–Crippen MR) is 71.9 cm³/mol. The van der Waals surface area contributed by atoms with Crippen LogP contribution in [0.15, 0.2) is 6.20 Å². The number of carbonyl (C=O) groups is 1. The summed E-state index contributed by atoms with van der Waals surface area (Å²) in [7, 11) is 1.64. The molecule has 102 valence electrons. The molecule has 0 aliphatic rings. The minimum Gasteiger partial charge on any atom is -0.493 e. The first kappa shape index (κ1) is 14.7. The Balaban J connectivity index is 2.76. The van der Waals surface area contributed by atoms with Crippen LogP contribution in [-0.4, -0.2) is 22.7 Å². The maximum atomic E-state index is 12.0. The zero-order chi connectivity index (χ0) is 13.8. The Labute approximate surface area is 109 Å². The Morgan fingerprint density at radius 3 is 2.61 bits per heavy atom. The van der Waals surface area contributed by atoms with Gasteiger partial charge in [-0.25, -0.2) is 0 Å². The fraction of sp³-hybridized carbons (Fsp3) is 0.714. The van der Waals surface area contributed by atoms with E-state index in [2.05, 4.69) is 12.0 Å². The first-order valence-corrected chi connectivity index (χ1v) is 6.52. The van der Waals surface area contributed by atoms with Crippen LogP contribution in [0.5, 0.6) is 5.75 Å². The summed E-state index contributed by atoms with van der Waals surface area (Å²) in [6.45, 7) is 8.84. The van der Waals surface area contributed by atoms with E-state index in [1.54, 1.807) is 13.3 Å². The number of carbonyl (C=O) groups excluding carboxylic acids is 1. The molecule has 0 unspecified atom stereocenters. The predicted octanol–water partition coefficient (Wildman–Crippen LogP) is 2.85. The van der Waals surface area contributed by atoms with Crippen molar-refractivity contribution in [1.82, 2.24) is 9.78 Å². The molecule has 0 amide bonds. The van der Waals surface area contributed by atoms with Crippen LogP contribution in [0, 0.1) is 5.41 Å². The maximum absolute atomic E-state index is 12.0. The molecule has 0 radical (unpaired) electrons. The molecule has 4 heteroatoms. The lowest BCUT2D eigenvalue weighted by Crippen LogP contribution is -2.21. The summed E-state index contributed by atoms with van der Waals surface area (Å²) in [4.78, 5) is 12.0. The number of ketones is 1. The van der Waals surface area contributed by atoms with Gasteiger partial charge >= 0.3 is 0 Å². The molecule has 0 saturated heterocycles. The molecule has 0 bridgehead atoms. The molecular formula is C14H24N2O2. The molecule has 0 saturated carbocycles. The van der Waals surface area contributed by atoms with Gasteiger partial charge in [-0.05, 0) is 12.8 Å². The molecule has 0 spiro atoms. The molecule has 1 rings (SSSR count). The van der Waals surface area contributed by atoms with E-state index >= 15 is 0 Å². The Morgan fingerprint density at radius 2 is 2.11 bits per heavy atom. The summed E-state index contributed by atoms with van der Waals surface area (Å²) >= 11 is 0. The van der Waals surface area contributed by atoms with E-state index in [1.807, 2.05) is 25.5 Å². The highest BCUT2D eigenvalue weighted by atomic mass is 16.5. The van der Waals surface area contributed by atoms with Crippen LogP contribution in [0.1, 0.15) is 46.2 Å². The molecule has 0 aliphatic heterocycles. The topological polar surface area (TPSA) is 44.1 Å². The molecule has 0 fully saturated rings. The van der Waals surface area contributed by atoms with E-state index in [-0.39, 0.29) is 11.2 Å². The average molecular weight is 252 g/mol. The van der Waals surface area contributed by atoms with Gasteiger partial charge in [-0.3, -0.25) is 9.48 Å². The van der Waals surface area contributed by atoms with Crippen LogP contribution < -0.4 is 4.74 Å². The number of nitrogens with zero attached hydrogens (tertiary/aromatic N) is 2. The summed E-state index contributed by atoms with van der Waals surface area (Å²) in [5, 5.41) is 4.30. The van der Waals surface area contributed by atoms with Crippen molar-refractivity contribution < 1.29 is 9.53 Å². The van der Waals surface area contributed by atoms with E-state index in [0.29, 0.717) is 12.8 Å². The van der Waals surface area contributed by atoms with E-state index in [0.717, 1.165) is 24.4 Å². The van der Waals surface area contributed by atoms with Gasteiger partial charge in [0.1, 0.15) is 5.78 Å². The number of hydrogen-bond acceptors (Lipinski definition) is 3. The van der Waals surface area contributed by atoms with Gasteiger partial charge < -0.3 is 4.74 Å². The summed E-state index contributed by atoms with van der Waals surface area (Å²) in [6, 6.07) is 0. The van der Waals surface area contributed by atoms with Gasteiger partial charge in [0.2, 0.25) is 0 Å². The quantitative estimate of drug-likeness (QED) is 0.782. The second-order valence-corrected chi connectivity index (χ2v) is 5.56. The Hall–Kier alpha value is -1.32. The monoisotopic (exact) mass is 252 g/mol. The first-order chi connectivity index (χ1) is 8.40. The van der Waals surface area contributed by atoms with Gasteiger partial charge in [-0.2, -0.15) is 5.10 Å². The van der Waals surface area contributed by atoms with Gasteiger partial charge in [0, 0.05) is 18.4 Å². The lowest BCUT2D eigenvalue weighted by atomic mass is 9.88. The third kappa shape index (κ3) is 3.59. The highest BCUT2D eigenvalue weighted by Crippen LogP contribution is 2.23. The summed E-state index contributed by atoms with van der Waals surface area (Å²) in [5.41, 5.74) is 0.750. The van der Waals surface area contributed by atoms with Crippen molar-refractivity contribution in [2.75, 3.05) is 7.11 Å². The van der Waals surface area contributed by atoms with Crippen LogP contribution in [0.25, 0.3) is 0 Å². The average Bonchev–Trinajstić information content (AvgIpc) is 2.67. The van der Waals surface area contributed by atoms with Crippen LogP contribution in [-0.2, 0) is 17.8 Å². The number of ether oxygens (including phenoxy) is 1. The van der Waals surface area contributed by atoms with Crippen molar-refractivity contribution in [2.45, 2.75) is 53.5 Å². The number of methoxy groups -OCH3 is 1. The maximum Gasteiger partial charge on any atom is 0.159 e. The van der Waals surface area contributed by atoms with Gasteiger partial charge in [0.25, 0.3) is 0 Å². The zero-order valence-electron chi connectivity index (χ0n) is 12.1. The number of aromatic nitrogens is 2. The van der Waals surface area contributed by atoms with Gasteiger partial charge in [0.05, 0.1) is 19.0 Å². The van der Waals surface area contributed by atoms with E-state index in [9.17, 15) is 4.79 Å². The molecule has 0 N–H and O–H groups in total. The molecule has 1 heterocycles. The van der Waals surface area contributed by atoms with Crippen LogP contribution in [0.4, 0.5) is 0 Å². The molecule has 18 heavy (non-hydrogen) atoms. The Kier molecular flexibility index (Phi) is 4.93. The Bertz CT molecular complexity index is 402. The number of rotatable bonds is 6. The normalized spacial score (nSPS) is 11.6. The van der Waals surface area contributed by atoms with Gasteiger partial charge in [-0.1, -0.05) is 27.7 Å². The molecule has 0 aliphatic carbocycles. The lowest BCUT2D eigenvalue weighted by molar-refractivity contribution is -0.126. The van der Waals surface area contributed by atoms with Crippen LogP contribution >= 0.6 is 0 Å². The fourth-order valence-corrected chi connectivity index (χ4v) is 1.83. The SMILES string of the molecule is CCCn1ncc(OC)c1CCC(=O)C(C)(C)C. The molecule has 4 nitrogen and oxygen atoms in total. The molecule has 0 aromatic carbocycles. The number of Topliss-reactive ketones (excluding diaryl/α,β-unsaturated/α-hetero) is 1. The largest absolute Gasteiger partial charge is 0.493 e. The second kappa shape index (κ2) is 6.03. The molecule has 0 atom stereocenters. The van der Waals surface area contributed by atoms with Gasteiger partial charge in [-0.15, -0.1) is 0 Å². The van der Waals surface area contributed by atoms with Crippen molar-refractivity contribution in [3.8, 4) is 5.75 Å². The molecule has 1 aromatic rings. The van der Waals surface area contributed by atoms with Crippen LogP contribution in [0.3, 0.4) is 0 Å². The minimum atomic E-state index is -0.275. The lowest BCUT2D eigenvalue weighted by Gasteiger charge is -2.16. The highest BCUT2D eigenvalue weighted by molar-refractivity contribution is 5.83. The molecular weight excluding hydrogens is 228 g/mol. The van der Waals surface area contributed by atoms with Crippen molar-refractivity contribution in [1.29, 1.82) is 0 Å². The summed E-state index contributed by atoms with van der Waals surface area (Å²) < 4.78 is 7.23. The third-order valence-electron chi connectivity index (χ3n) is 2.99. The number of aryl methyl sites for hydroxylation is 1. The van der Waals surface area contributed by atoms with E-state index < -0.39 is 0 Å². The zero-order valence-corrected chi connectivity index (χ0v) is 12.1. The summed E-state index contributed by atoms with van der Waals surface area (Å²) in [5.74, 6) is 1.05. The fourth-order valence-electron chi connectivity index (χ4n) is 1.83. The van der Waals surface area contributed by atoms with Crippen molar-refractivity contribution in [3.05, 3.63) is 11.9 Å². The minimum absolute atomic E-state index is 0.272. The highest BCUT2D eigenvalue weighted by Gasteiger charge is 2.22. The molecule has 1 aromatic heterocycles. The number of hydrogen-bond donors (Lipinski definition) is 0. The van der Waals surface area contributed by atoms with Crippen molar-refractivity contribution in [3.63, 3.8) is 0 Å². The second-order valence-electron chi connectivity index (χ2n) is 5.56. The summed E-state index contributed by atoms with van der Waals surface area (Å²) in [6.07, 6.45) is 3.98.